The zero-order valence-electron chi connectivity index (χ0n) is 13.8. The van der Waals surface area contributed by atoms with Gasteiger partial charge in [0.1, 0.15) is 16.6 Å². The highest BCUT2D eigenvalue weighted by molar-refractivity contribution is 8.00. The summed E-state index contributed by atoms with van der Waals surface area (Å²) in [6.45, 7) is 9.19. The molecule has 0 N–H and O–H groups in total. The fourth-order valence-corrected chi connectivity index (χ4v) is 3.87. The van der Waals surface area contributed by atoms with Gasteiger partial charge in [0.05, 0.1) is 6.33 Å². The summed E-state index contributed by atoms with van der Waals surface area (Å²) in [5.74, 6) is 0. The van der Waals surface area contributed by atoms with Crippen LogP contribution in [0.1, 0.15) is 44.7 Å². The van der Waals surface area contributed by atoms with Crippen molar-refractivity contribution in [1.29, 1.82) is 0 Å². The van der Waals surface area contributed by atoms with E-state index in [2.05, 4.69) is 25.8 Å². The van der Waals surface area contributed by atoms with Crippen molar-refractivity contribution in [2.24, 2.45) is 0 Å². The molecule has 0 fully saturated rings. The van der Waals surface area contributed by atoms with E-state index in [0.29, 0.717) is 11.8 Å². The minimum absolute atomic E-state index is 0.0242. The molecule has 0 amide bonds. The molecular formula is C17H22Cl2N2OS. The molecule has 0 spiro atoms. The van der Waals surface area contributed by atoms with Gasteiger partial charge in [0, 0.05) is 22.6 Å². The van der Waals surface area contributed by atoms with Gasteiger partial charge in [-0.1, -0.05) is 56.1 Å². The lowest BCUT2D eigenvalue weighted by atomic mass is 10.1. The maximum Gasteiger partial charge on any atom is 0.147 e. The predicted molar refractivity (Wildman–Crippen MR) is 99.4 cm³/mol. The van der Waals surface area contributed by atoms with E-state index in [0.717, 1.165) is 10.6 Å². The highest BCUT2D eigenvalue weighted by atomic mass is 35.5. The number of imidazole rings is 1. The lowest BCUT2D eigenvalue weighted by molar-refractivity contribution is 0.0466. The monoisotopic (exact) mass is 372 g/mol. The third kappa shape index (κ3) is 5.42. The first-order valence-electron chi connectivity index (χ1n) is 7.54. The van der Waals surface area contributed by atoms with Gasteiger partial charge in [-0.2, -0.15) is 0 Å². The van der Waals surface area contributed by atoms with E-state index in [1.807, 2.05) is 53.7 Å². The lowest BCUT2D eigenvalue weighted by Gasteiger charge is -2.33. The molecule has 0 saturated carbocycles. The quantitative estimate of drug-likeness (QED) is 0.622. The molecule has 0 bridgehead atoms. The maximum absolute atomic E-state index is 6.08. The molecular weight excluding hydrogens is 351 g/mol. The molecule has 6 heteroatoms. The van der Waals surface area contributed by atoms with E-state index in [1.165, 1.54) is 0 Å². The Labute approximate surface area is 152 Å². The molecule has 1 aromatic heterocycles. The third-order valence-corrected chi connectivity index (χ3v) is 5.03. The number of aromatic nitrogens is 2. The molecule has 2 rings (SSSR count). The topological polar surface area (TPSA) is 27.1 Å². The van der Waals surface area contributed by atoms with E-state index in [-0.39, 0.29) is 16.2 Å². The van der Waals surface area contributed by atoms with E-state index in [4.69, 9.17) is 27.9 Å². The van der Waals surface area contributed by atoms with Crippen LogP contribution >= 0.6 is 35.0 Å². The van der Waals surface area contributed by atoms with Gasteiger partial charge in [-0.3, -0.25) is 0 Å². The predicted octanol–water partition coefficient (Wildman–Crippen LogP) is 6.00. The summed E-state index contributed by atoms with van der Waals surface area (Å²) >= 11 is 13.9. The molecule has 1 aromatic carbocycles. The largest absolute Gasteiger partial charge is 0.371 e. The zero-order chi connectivity index (χ0) is 17.0. The van der Waals surface area contributed by atoms with Crippen LogP contribution in [0, 0.1) is 0 Å². The van der Waals surface area contributed by atoms with Crippen LogP contribution in [0.2, 0.25) is 10.2 Å². The average Bonchev–Trinajstić information content (AvgIpc) is 2.89. The zero-order valence-corrected chi connectivity index (χ0v) is 16.1. The minimum atomic E-state index is -0.119. The van der Waals surface area contributed by atoms with Crippen LogP contribution in [0.5, 0.6) is 0 Å². The number of hydrogen-bond acceptors (Lipinski definition) is 3. The molecule has 1 heterocycles. The second-order valence-corrected chi connectivity index (χ2v) is 8.96. The van der Waals surface area contributed by atoms with Crippen LogP contribution in [-0.4, -0.2) is 20.9 Å². The molecule has 0 aliphatic heterocycles. The second kappa shape index (κ2) is 7.93. The van der Waals surface area contributed by atoms with Crippen molar-refractivity contribution >= 4 is 35.0 Å². The Morgan fingerprint density at radius 3 is 2.35 bits per heavy atom. The van der Waals surface area contributed by atoms with Crippen LogP contribution in [-0.2, 0) is 4.74 Å². The Hall–Kier alpha value is -0.680. The number of ether oxygens (including phenoxy) is 1. The van der Waals surface area contributed by atoms with Gasteiger partial charge < -0.3 is 9.30 Å². The van der Waals surface area contributed by atoms with Gasteiger partial charge in [-0.15, -0.1) is 11.8 Å². The summed E-state index contributed by atoms with van der Waals surface area (Å²) < 4.78 is 8.16. The SMILES string of the molecule is CCOC(c1ccc(Cl)cc1)C(SC(C)(C)C)n1cnc(Cl)c1. The summed E-state index contributed by atoms with van der Waals surface area (Å²) in [5.41, 5.74) is 1.09. The molecule has 0 saturated heterocycles. The van der Waals surface area contributed by atoms with E-state index >= 15 is 0 Å². The summed E-state index contributed by atoms with van der Waals surface area (Å²) in [5, 5.41) is 1.22. The molecule has 23 heavy (non-hydrogen) atoms. The first-order chi connectivity index (χ1) is 10.8. The molecule has 3 nitrogen and oxygen atoms in total. The fourth-order valence-electron chi connectivity index (χ4n) is 2.27. The van der Waals surface area contributed by atoms with Crippen LogP contribution in [0.15, 0.2) is 36.8 Å². The second-order valence-electron chi connectivity index (χ2n) is 6.19. The van der Waals surface area contributed by atoms with Gasteiger partial charge in [0.2, 0.25) is 0 Å². The lowest BCUT2D eigenvalue weighted by Crippen LogP contribution is -2.22. The Kier molecular flexibility index (Phi) is 6.43. The van der Waals surface area contributed by atoms with Crippen molar-refractivity contribution < 1.29 is 4.74 Å². The van der Waals surface area contributed by atoms with Crippen molar-refractivity contribution in [3.05, 3.63) is 52.5 Å². The third-order valence-electron chi connectivity index (χ3n) is 3.14. The smallest absolute Gasteiger partial charge is 0.147 e. The molecule has 2 atom stereocenters. The molecule has 2 unspecified atom stereocenters. The first kappa shape index (κ1) is 18.7. The van der Waals surface area contributed by atoms with Gasteiger partial charge >= 0.3 is 0 Å². The minimum Gasteiger partial charge on any atom is -0.371 e. The number of halogens is 2. The van der Waals surface area contributed by atoms with E-state index in [9.17, 15) is 0 Å². The van der Waals surface area contributed by atoms with Crippen molar-refractivity contribution in [3.63, 3.8) is 0 Å². The maximum atomic E-state index is 6.08. The molecule has 0 aliphatic rings. The Morgan fingerprint density at radius 2 is 1.87 bits per heavy atom. The van der Waals surface area contributed by atoms with Gasteiger partial charge in [0.15, 0.2) is 0 Å². The summed E-state index contributed by atoms with van der Waals surface area (Å²) in [6, 6.07) is 7.81. The van der Waals surface area contributed by atoms with Crippen molar-refractivity contribution in [2.75, 3.05) is 6.61 Å². The normalized spacial score (nSPS) is 14.7. The standard InChI is InChI=1S/C17H22Cl2N2OS/c1-5-22-15(12-6-8-13(18)9-7-12)16(23-17(2,3)4)21-10-14(19)20-11-21/h6-11,15-16H,5H2,1-4H3. The molecule has 2 aromatic rings. The Bertz CT molecular complexity index is 622. The van der Waals surface area contributed by atoms with Crippen molar-refractivity contribution in [2.45, 2.75) is 43.9 Å². The van der Waals surface area contributed by atoms with E-state index in [1.54, 1.807) is 6.33 Å². The Morgan fingerprint density at radius 1 is 1.22 bits per heavy atom. The first-order valence-corrected chi connectivity index (χ1v) is 9.17. The highest BCUT2D eigenvalue weighted by Crippen LogP contribution is 2.44. The average molecular weight is 373 g/mol. The van der Waals surface area contributed by atoms with Gasteiger partial charge in [-0.05, 0) is 24.6 Å². The molecule has 126 valence electrons. The Balaban J connectivity index is 2.41. The van der Waals surface area contributed by atoms with Crippen LogP contribution < -0.4 is 0 Å². The number of hydrogen-bond donors (Lipinski definition) is 0. The van der Waals surface area contributed by atoms with E-state index < -0.39 is 0 Å². The number of rotatable bonds is 6. The van der Waals surface area contributed by atoms with Crippen LogP contribution in [0.4, 0.5) is 0 Å². The molecule has 0 aliphatic carbocycles. The van der Waals surface area contributed by atoms with Gasteiger partial charge in [0.25, 0.3) is 0 Å². The fraction of sp³-hybridized carbons (Fsp3) is 0.471. The summed E-state index contributed by atoms with van der Waals surface area (Å²) in [4.78, 5) is 4.16. The van der Waals surface area contributed by atoms with Gasteiger partial charge in [-0.25, -0.2) is 4.98 Å². The van der Waals surface area contributed by atoms with Crippen molar-refractivity contribution in [3.8, 4) is 0 Å². The molecule has 0 radical (unpaired) electrons. The number of thioether (sulfide) groups is 1. The van der Waals surface area contributed by atoms with Crippen LogP contribution in [0.25, 0.3) is 0 Å². The summed E-state index contributed by atoms with van der Waals surface area (Å²) in [6.07, 6.45) is 3.48. The highest BCUT2D eigenvalue weighted by Gasteiger charge is 2.30. The van der Waals surface area contributed by atoms with Crippen LogP contribution in [0.3, 0.4) is 0 Å². The number of benzene rings is 1. The summed E-state index contributed by atoms with van der Waals surface area (Å²) in [7, 11) is 0. The van der Waals surface area contributed by atoms with Crippen molar-refractivity contribution in [1.82, 2.24) is 9.55 Å². The number of nitrogens with zero attached hydrogens (tertiary/aromatic N) is 2.